The summed E-state index contributed by atoms with van der Waals surface area (Å²) in [4.78, 5) is 46.5. The standard InChI is InChI=1S/C26H19N3O6/c1-35-17-9-5-8-15(12-17)21-20(22(30)14-6-3-2-4-7-14)23(31)24(32)29(21)26-27-18-11-10-16(25(33)34)13-19(18)28-26/h2-13,21,30H,1H3,(H,27,28)(H,33,34)/b22-20+. The molecule has 2 heterocycles. The van der Waals surface area contributed by atoms with E-state index in [1.807, 2.05) is 0 Å². The number of rotatable bonds is 5. The summed E-state index contributed by atoms with van der Waals surface area (Å²) >= 11 is 0. The van der Waals surface area contributed by atoms with Gasteiger partial charge in [0.05, 0.1) is 35.3 Å². The lowest BCUT2D eigenvalue weighted by Crippen LogP contribution is -2.30. The van der Waals surface area contributed by atoms with Crippen molar-refractivity contribution in [1.29, 1.82) is 0 Å². The van der Waals surface area contributed by atoms with E-state index in [1.165, 1.54) is 30.2 Å². The van der Waals surface area contributed by atoms with E-state index in [-0.39, 0.29) is 22.8 Å². The van der Waals surface area contributed by atoms with Crippen molar-refractivity contribution in [3.63, 3.8) is 0 Å². The number of benzene rings is 3. The highest BCUT2D eigenvalue weighted by Crippen LogP contribution is 2.42. The summed E-state index contributed by atoms with van der Waals surface area (Å²) in [6.07, 6.45) is 0. The van der Waals surface area contributed by atoms with E-state index >= 15 is 0 Å². The molecular weight excluding hydrogens is 450 g/mol. The molecule has 3 aromatic carbocycles. The smallest absolute Gasteiger partial charge is 0.335 e. The number of Topliss-reactive ketones (excluding diaryl/α,β-unsaturated/α-hetero) is 1. The molecule has 4 aromatic rings. The highest BCUT2D eigenvalue weighted by atomic mass is 16.5. The molecule has 0 saturated carbocycles. The van der Waals surface area contributed by atoms with Crippen LogP contribution in [0.3, 0.4) is 0 Å². The number of nitrogens with one attached hydrogen (secondary N) is 1. The monoisotopic (exact) mass is 469 g/mol. The molecule has 0 bridgehead atoms. The first-order valence-corrected chi connectivity index (χ1v) is 10.6. The van der Waals surface area contributed by atoms with Crippen LogP contribution in [0.5, 0.6) is 5.75 Å². The molecule has 9 nitrogen and oxygen atoms in total. The van der Waals surface area contributed by atoms with Gasteiger partial charge < -0.3 is 19.9 Å². The van der Waals surface area contributed by atoms with Crippen molar-refractivity contribution >= 4 is 40.4 Å². The fourth-order valence-corrected chi connectivity index (χ4v) is 4.17. The molecule has 5 rings (SSSR count). The maximum Gasteiger partial charge on any atom is 0.335 e. The van der Waals surface area contributed by atoms with Gasteiger partial charge in [-0.15, -0.1) is 0 Å². The number of amides is 1. The molecule has 1 aliphatic heterocycles. The summed E-state index contributed by atoms with van der Waals surface area (Å²) < 4.78 is 5.33. The second-order valence-electron chi connectivity index (χ2n) is 7.91. The Hall–Kier alpha value is -4.92. The molecule has 3 N–H and O–H groups in total. The number of hydrogen-bond acceptors (Lipinski definition) is 6. The lowest BCUT2D eigenvalue weighted by molar-refractivity contribution is -0.132. The number of ether oxygens (including phenoxy) is 1. The Kier molecular flexibility index (Phi) is 5.29. The number of hydrogen-bond donors (Lipinski definition) is 3. The number of aliphatic hydroxyl groups is 1. The third kappa shape index (κ3) is 3.68. The Morgan fingerprint density at radius 3 is 2.46 bits per heavy atom. The van der Waals surface area contributed by atoms with Crippen LogP contribution in [-0.2, 0) is 9.59 Å². The molecule has 35 heavy (non-hydrogen) atoms. The Morgan fingerprint density at radius 1 is 0.971 bits per heavy atom. The SMILES string of the molecule is COc1cccc(C2/C(=C(\O)c3ccccc3)C(=O)C(=O)N2c2nc3ccc(C(=O)O)cc3[nH]2)c1. The summed E-state index contributed by atoms with van der Waals surface area (Å²) in [7, 11) is 1.50. The number of carboxylic acids is 1. The van der Waals surface area contributed by atoms with Crippen molar-refractivity contribution in [2.45, 2.75) is 6.04 Å². The third-order valence-corrected chi connectivity index (χ3v) is 5.85. The number of anilines is 1. The van der Waals surface area contributed by atoms with Crippen LogP contribution in [0.4, 0.5) is 5.95 Å². The highest BCUT2D eigenvalue weighted by Gasteiger charge is 2.48. The molecule has 1 amide bonds. The topological polar surface area (TPSA) is 133 Å². The zero-order valence-electron chi connectivity index (χ0n) is 18.4. The Bertz CT molecular complexity index is 1520. The average molecular weight is 469 g/mol. The average Bonchev–Trinajstić information content (AvgIpc) is 3.41. The number of aromatic amines is 1. The number of carboxylic acid groups (broad SMARTS) is 1. The van der Waals surface area contributed by atoms with Gasteiger partial charge in [-0.25, -0.2) is 9.78 Å². The molecule has 9 heteroatoms. The lowest BCUT2D eigenvalue weighted by atomic mass is 9.95. The minimum atomic E-state index is -1.11. The van der Waals surface area contributed by atoms with E-state index in [0.29, 0.717) is 27.9 Å². The number of H-pyrrole nitrogens is 1. The minimum Gasteiger partial charge on any atom is -0.507 e. The number of methoxy groups -OCH3 is 1. The van der Waals surface area contributed by atoms with Crippen molar-refractivity contribution in [2.24, 2.45) is 0 Å². The molecule has 1 fully saturated rings. The van der Waals surface area contributed by atoms with E-state index in [2.05, 4.69) is 9.97 Å². The van der Waals surface area contributed by atoms with Gasteiger partial charge in [-0.1, -0.05) is 42.5 Å². The van der Waals surface area contributed by atoms with Gasteiger partial charge in [0.2, 0.25) is 5.95 Å². The van der Waals surface area contributed by atoms with Crippen molar-refractivity contribution in [1.82, 2.24) is 9.97 Å². The number of carbonyl (C=O) groups is 3. The predicted octanol–water partition coefficient (Wildman–Crippen LogP) is 3.90. The third-order valence-electron chi connectivity index (χ3n) is 5.85. The van der Waals surface area contributed by atoms with Crippen molar-refractivity contribution in [2.75, 3.05) is 12.0 Å². The first kappa shape index (κ1) is 21.9. The molecule has 1 saturated heterocycles. The molecule has 1 aliphatic rings. The van der Waals surface area contributed by atoms with Crippen LogP contribution in [0.2, 0.25) is 0 Å². The molecule has 174 valence electrons. The number of fused-ring (bicyclic) bond motifs is 1. The summed E-state index contributed by atoms with van der Waals surface area (Å²) in [5.41, 5.74) is 1.65. The number of aliphatic hydroxyl groups excluding tert-OH is 1. The van der Waals surface area contributed by atoms with E-state index in [4.69, 9.17) is 4.74 Å². The molecule has 0 spiro atoms. The maximum atomic E-state index is 13.3. The zero-order chi connectivity index (χ0) is 24.7. The van der Waals surface area contributed by atoms with E-state index < -0.39 is 23.7 Å². The van der Waals surface area contributed by atoms with E-state index in [0.717, 1.165) is 0 Å². The van der Waals surface area contributed by atoms with Gasteiger partial charge in [-0.05, 0) is 35.9 Å². The van der Waals surface area contributed by atoms with E-state index in [1.54, 1.807) is 54.6 Å². The molecule has 1 aromatic heterocycles. The Morgan fingerprint density at radius 2 is 1.74 bits per heavy atom. The number of aromatic carboxylic acids is 1. The van der Waals surface area contributed by atoms with Crippen LogP contribution in [0, 0.1) is 0 Å². The summed E-state index contributed by atoms with van der Waals surface area (Å²) in [6, 6.07) is 18.6. The van der Waals surface area contributed by atoms with Gasteiger partial charge in [0.15, 0.2) is 0 Å². The fourth-order valence-electron chi connectivity index (χ4n) is 4.17. The number of nitrogens with zero attached hydrogens (tertiary/aromatic N) is 2. The Balaban J connectivity index is 1.73. The molecular formula is C26H19N3O6. The van der Waals surface area contributed by atoms with Crippen molar-refractivity contribution in [3.8, 4) is 5.75 Å². The Labute approximate surface area is 198 Å². The number of ketones is 1. The first-order chi connectivity index (χ1) is 16.9. The maximum absolute atomic E-state index is 13.3. The normalized spacial score (nSPS) is 17.2. The van der Waals surface area contributed by atoms with Gasteiger partial charge in [0.1, 0.15) is 11.5 Å². The highest BCUT2D eigenvalue weighted by molar-refractivity contribution is 6.51. The van der Waals surface area contributed by atoms with Gasteiger partial charge in [-0.2, -0.15) is 0 Å². The van der Waals surface area contributed by atoms with Crippen LogP contribution in [0.1, 0.15) is 27.5 Å². The van der Waals surface area contributed by atoms with Gasteiger partial charge in [0.25, 0.3) is 5.78 Å². The van der Waals surface area contributed by atoms with Crippen LogP contribution >= 0.6 is 0 Å². The number of carbonyl (C=O) groups excluding carboxylic acids is 2. The fraction of sp³-hybridized carbons (Fsp3) is 0.0769. The largest absolute Gasteiger partial charge is 0.507 e. The van der Waals surface area contributed by atoms with Crippen molar-refractivity contribution < 1.29 is 29.3 Å². The zero-order valence-corrected chi connectivity index (χ0v) is 18.4. The van der Waals surface area contributed by atoms with Gasteiger partial charge >= 0.3 is 11.9 Å². The second kappa shape index (κ2) is 8.45. The molecule has 1 unspecified atom stereocenters. The summed E-state index contributed by atoms with van der Waals surface area (Å²) in [5.74, 6) is -2.63. The summed E-state index contributed by atoms with van der Waals surface area (Å²) in [5, 5.41) is 20.4. The predicted molar refractivity (Wildman–Crippen MR) is 127 cm³/mol. The number of aromatic nitrogens is 2. The van der Waals surface area contributed by atoms with Crippen LogP contribution in [-0.4, -0.2) is 45.0 Å². The quantitative estimate of drug-likeness (QED) is 0.229. The minimum absolute atomic E-state index is 0.0446. The van der Waals surface area contributed by atoms with Crippen molar-refractivity contribution in [3.05, 3.63) is 95.1 Å². The molecule has 1 atom stereocenters. The lowest BCUT2D eigenvalue weighted by Gasteiger charge is -2.23. The van der Waals surface area contributed by atoms with Gasteiger partial charge in [0, 0.05) is 5.56 Å². The van der Waals surface area contributed by atoms with E-state index in [9.17, 15) is 24.6 Å². The first-order valence-electron chi connectivity index (χ1n) is 10.6. The molecule has 0 aliphatic carbocycles. The van der Waals surface area contributed by atoms with Crippen LogP contribution in [0.25, 0.3) is 16.8 Å². The number of imidazole rings is 1. The van der Waals surface area contributed by atoms with Gasteiger partial charge in [-0.3, -0.25) is 14.5 Å². The molecule has 0 radical (unpaired) electrons. The van der Waals surface area contributed by atoms with Crippen LogP contribution < -0.4 is 9.64 Å². The van der Waals surface area contributed by atoms with Crippen LogP contribution in [0.15, 0.2) is 78.4 Å². The second-order valence-corrected chi connectivity index (χ2v) is 7.91. The summed E-state index contributed by atoms with van der Waals surface area (Å²) in [6.45, 7) is 0.